The summed E-state index contributed by atoms with van der Waals surface area (Å²) >= 11 is 0. The van der Waals surface area contributed by atoms with E-state index in [4.69, 9.17) is 20.6 Å². The van der Waals surface area contributed by atoms with E-state index in [1.807, 2.05) is 0 Å². The molecule has 80 valence electrons. The van der Waals surface area contributed by atoms with E-state index in [-0.39, 0.29) is 11.6 Å². The van der Waals surface area contributed by atoms with Crippen LogP contribution in [0.2, 0.25) is 0 Å². The van der Waals surface area contributed by atoms with Gasteiger partial charge < -0.3 is 15.2 Å². The van der Waals surface area contributed by atoms with Gasteiger partial charge in [0.1, 0.15) is 17.3 Å². The number of hydrogen-bond donors (Lipinski definition) is 2. The Hall–Kier alpha value is -2.04. The van der Waals surface area contributed by atoms with Crippen molar-refractivity contribution >= 4 is 11.8 Å². The van der Waals surface area contributed by atoms with Gasteiger partial charge in [0, 0.05) is 13.0 Å². The molecule has 0 saturated carbocycles. The topological polar surface area (TPSA) is 85.4 Å². The van der Waals surface area contributed by atoms with Crippen LogP contribution in [0.3, 0.4) is 0 Å². The van der Waals surface area contributed by atoms with Gasteiger partial charge in [0.15, 0.2) is 0 Å². The predicted molar refractivity (Wildman–Crippen MR) is 55.3 cm³/mol. The molecule has 5 heteroatoms. The molecule has 0 saturated heterocycles. The van der Waals surface area contributed by atoms with E-state index < -0.39 is 5.97 Å². The smallest absolute Gasteiger partial charge is 0.308 e. The van der Waals surface area contributed by atoms with Crippen molar-refractivity contribution in [3.8, 4) is 11.5 Å². The number of esters is 1. The van der Waals surface area contributed by atoms with Crippen LogP contribution in [0.25, 0.3) is 0 Å². The van der Waals surface area contributed by atoms with Crippen molar-refractivity contribution in [2.24, 2.45) is 5.73 Å². The number of ether oxygens (including phenoxy) is 2. The third-order valence-electron chi connectivity index (χ3n) is 1.73. The Bertz CT molecular complexity index is 402. The Morgan fingerprint density at radius 1 is 1.47 bits per heavy atom. The van der Waals surface area contributed by atoms with Crippen LogP contribution < -0.4 is 15.2 Å². The van der Waals surface area contributed by atoms with Crippen molar-refractivity contribution in [1.29, 1.82) is 5.41 Å². The van der Waals surface area contributed by atoms with E-state index in [0.717, 1.165) is 0 Å². The first-order valence-corrected chi connectivity index (χ1v) is 4.25. The lowest BCUT2D eigenvalue weighted by molar-refractivity contribution is -0.131. The normalized spacial score (nSPS) is 9.47. The van der Waals surface area contributed by atoms with Gasteiger partial charge in [-0.15, -0.1) is 0 Å². The molecule has 0 radical (unpaired) electrons. The average molecular weight is 208 g/mol. The number of methoxy groups -OCH3 is 1. The summed E-state index contributed by atoms with van der Waals surface area (Å²) in [7, 11) is 1.50. The Kier molecular flexibility index (Phi) is 3.28. The lowest BCUT2D eigenvalue weighted by atomic mass is 10.2. The molecule has 0 bridgehead atoms. The zero-order valence-corrected chi connectivity index (χ0v) is 8.53. The number of nitrogen functional groups attached to an aromatic ring is 1. The molecule has 0 heterocycles. The minimum atomic E-state index is -0.467. The molecule has 1 aromatic carbocycles. The fourth-order valence-corrected chi connectivity index (χ4v) is 1.09. The zero-order valence-electron chi connectivity index (χ0n) is 8.53. The Morgan fingerprint density at radius 3 is 2.60 bits per heavy atom. The van der Waals surface area contributed by atoms with E-state index in [9.17, 15) is 4.79 Å². The highest BCUT2D eigenvalue weighted by Gasteiger charge is 2.10. The third kappa shape index (κ3) is 2.70. The highest BCUT2D eigenvalue weighted by Crippen LogP contribution is 2.24. The van der Waals surface area contributed by atoms with Gasteiger partial charge in [0.05, 0.1) is 12.7 Å². The van der Waals surface area contributed by atoms with Crippen molar-refractivity contribution in [2.75, 3.05) is 7.11 Å². The third-order valence-corrected chi connectivity index (χ3v) is 1.73. The van der Waals surface area contributed by atoms with E-state index in [1.165, 1.54) is 20.1 Å². The second-order valence-electron chi connectivity index (χ2n) is 2.87. The molecule has 3 N–H and O–H groups in total. The van der Waals surface area contributed by atoms with Gasteiger partial charge in [0.2, 0.25) is 0 Å². The van der Waals surface area contributed by atoms with Gasteiger partial charge in [0.25, 0.3) is 0 Å². The summed E-state index contributed by atoms with van der Waals surface area (Å²) < 4.78 is 9.88. The summed E-state index contributed by atoms with van der Waals surface area (Å²) in [6.45, 7) is 1.28. The molecular formula is C10H12N2O3. The van der Waals surface area contributed by atoms with Crippen LogP contribution >= 0.6 is 0 Å². The summed E-state index contributed by atoms with van der Waals surface area (Å²) in [6, 6.07) is 4.72. The van der Waals surface area contributed by atoms with Gasteiger partial charge in [-0.2, -0.15) is 0 Å². The molecule has 0 aliphatic carbocycles. The molecule has 0 amide bonds. The molecule has 0 aliphatic heterocycles. The summed E-state index contributed by atoms with van der Waals surface area (Å²) in [6.07, 6.45) is 0. The van der Waals surface area contributed by atoms with Crippen LogP contribution in [-0.2, 0) is 4.79 Å². The Labute approximate surface area is 87.3 Å². The predicted octanol–water partition coefficient (Wildman–Crippen LogP) is 0.905. The van der Waals surface area contributed by atoms with Crippen molar-refractivity contribution in [3.05, 3.63) is 23.8 Å². The number of benzene rings is 1. The van der Waals surface area contributed by atoms with E-state index >= 15 is 0 Å². The zero-order chi connectivity index (χ0) is 11.4. The maximum Gasteiger partial charge on any atom is 0.308 e. The van der Waals surface area contributed by atoms with Gasteiger partial charge in [-0.1, -0.05) is 0 Å². The van der Waals surface area contributed by atoms with Crippen molar-refractivity contribution in [2.45, 2.75) is 6.92 Å². The molecule has 0 spiro atoms. The summed E-state index contributed by atoms with van der Waals surface area (Å²) in [5.41, 5.74) is 5.70. The first kappa shape index (κ1) is 11.0. The average Bonchev–Trinajstić information content (AvgIpc) is 2.16. The summed E-state index contributed by atoms with van der Waals surface area (Å²) in [5, 5.41) is 7.29. The lowest BCUT2D eigenvalue weighted by Gasteiger charge is -2.09. The van der Waals surface area contributed by atoms with Crippen LogP contribution in [0.1, 0.15) is 12.5 Å². The van der Waals surface area contributed by atoms with E-state index in [1.54, 1.807) is 12.1 Å². The molecule has 0 aromatic heterocycles. The maximum atomic E-state index is 10.8. The quantitative estimate of drug-likeness (QED) is 0.334. The van der Waals surface area contributed by atoms with Crippen LogP contribution in [0.15, 0.2) is 18.2 Å². The molecule has 0 aliphatic rings. The van der Waals surface area contributed by atoms with Crippen LogP contribution in [0.5, 0.6) is 11.5 Å². The number of carbonyl (C=O) groups is 1. The highest BCUT2D eigenvalue weighted by molar-refractivity contribution is 5.98. The molecule has 0 unspecified atom stereocenters. The van der Waals surface area contributed by atoms with Crippen LogP contribution in [0.4, 0.5) is 0 Å². The molecular weight excluding hydrogens is 196 g/mol. The van der Waals surface area contributed by atoms with Gasteiger partial charge in [-0.3, -0.25) is 10.2 Å². The number of hydrogen-bond acceptors (Lipinski definition) is 4. The fourth-order valence-electron chi connectivity index (χ4n) is 1.09. The van der Waals surface area contributed by atoms with Crippen LogP contribution in [-0.4, -0.2) is 18.9 Å². The second kappa shape index (κ2) is 4.45. The minimum Gasteiger partial charge on any atom is -0.497 e. The fraction of sp³-hybridized carbons (Fsp3) is 0.200. The molecule has 1 rings (SSSR count). The number of nitrogens with one attached hydrogen (secondary N) is 1. The SMILES string of the molecule is COc1ccc(C(=N)N)c(OC(C)=O)c1. The summed E-state index contributed by atoms with van der Waals surface area (Å²) in [4.78, 5) is 10.8. The van der Waals surface area contributed by atoms with Crippen molar-refractivity contribution in [1.82, 2.24) is 0 Å². The number of amidine groups is 1. The maximum absolute atomic E-state index is 10.8. The van der Waals surface area contributed by atoms with E-state index in [0.29, 0.717) is 11.3 Å². The highest BCUT2D eigenvalue weighted by atomic mass is 16.5. The standard InChI is InChI=1S/C10H12N2O3/c1-6(13)15-9-5-7(14-2)3-4-8(9)10(11)12/h3-5H,1-2H3,(H3,11,12). The first-order valence-electron chi connectivity index (χ1n) is 4.25. The van der Waals surface area contributed by atoms with Crippen LogP contribution in [0, 0.1) is 5.41 Å². The van der Waals surface area contributed by atoms with Crippen molar-refractivity contribution in [3.63, 3.8) is 0 Å². The molecule has 5 nitrogen and oxygen atoms in total. The lowest BCUT2D eigenvalue weighted by Crippen LogP contribution is -2.14. The van der Waals surface area contributed by atoms with E-state index in [2.05, 4.69) is 0 Å². The molecule has 0 atom stereocenters. The monoisotopic (exact) mass is 208 g/mol. The Morgan fingerprint density at radius 2 is 2.13 bits per heavy atom. The number of rotatable bonds is 3. The minimum absolute atomic E-state index is 0.158. The van der Waals surface area contributed by atoms with Gasteiger partial charge in [-0.25, -0.2) is 0 Å². The first-order chi connectivity index (χ1) is 7.04. The Balaban J connectivity index is 3.16. The molecule has 0 fully saturated rings. The summed E-state index contributed by atoms with van der Waals surface area (Å²) in [5.74, 6) is 0.144. The number of carbonyl (C=O) groups excluding carboxylic acids is 1. The largest absolute Gasteiger partial charge is 0.497 e. The van der Waals surface area contributed by atoms with Gasteiger partial charge in [-0.05, 0) is 12.1 Å². The second-order valence-corrected chi connectivity index (χ2v) is 2.87. The molecule has 1 aromatic rings. The van der Waals surface area contributed by atoms with Crippen molar-refractivity contribution < 1.29 is 14.3 Å². The molecule has 15 heavy (non-hydrogen) atoms. The number of nitrogens with two attached hydrogens (primary N) is 1. The van der Waals surface area contributed by atoms with Gasteiger partial charge >= 0.3 is 5.97 Å².